The van der Waals surface area contributed by atoms with Crippen LogP contribution in [0.4, 0.5) is 10.2 Å². The number of halogens is 1. The number of hydrogen-bond acceptors (Lipinski definition) is 8. The van der Waals surface area contributed by atoms with Crippen LogP contribution in [0.2, 0.25) is 0 Å². The van der Waals surface area contributed by atoms with Crippen LogP contribution >= 0.6 is 0 Å². The smallest absolute Gasteiger partial charge is 0.263 e. The second kappa shape index (κ2) is 10.2. The fraction of sp³-hybridized carbons (Fsp3) is 0.308. The third-order valence-electron chi connectivity index (χ3n) is 6.43. The van der Waals surface area contributed by atoms with Gasteiger partial charge in [-0.05, 0) is 42.7 Å². The van der Waals surface area contributed by atoms with Crippen LogP contribution in [-0.2, 0) is 11.3 Å². The Morgan fingerprint density at radius 3 is 2.67 bits per heavy atom. The molecule has 0 atom stereocenters. The van der Waals surface area contributed by atoms with E-state index in [1.54, 1.807) is 26.4 Å². The summed E-state index contributed by atoms with van der Waals surface area (Å²) in [7, 11) is 3.17. The standard InChI is InChI=1S/C26H26FN5O4/c1-34-20-7-6-16(12-21(20)35-2)14-28-25(33)17-8-10-32(11-9-17)24-22-23(18-4-3-5-19(27)13-18)31-36-26(22)30-15-29-24/h3-7,12-13,15,17H,8-11,14H2,1-2H3,(H,28,33). The zero-order valence-corrected chi connectivity index (χ0v) is 20.0. The molecular weight excluding hydrogens is 465 g/mol. The molecule has 186 valence electrons. The van der Waals surface area contributed by atoms with Gasteiger partial charge in [-0.1, -0.05) is 23.4 Å². The number of carbonyl (C=O) groups excluding carboxylic acids is 1. The van der Waals surface area contributed by atoms with Gasteiger partial charge in [0.05, 0.1) is 14.2 Å². The molecule has 0 saturated carbocycles. The monoisotopic (exact) mass is 491 g/mol. The minimum absolute atomic E-state index is 0.0164. The second-order valence-electron chi connectivity index (χ2n) is 8.59. The maximum absolute atomic E-state index is 13.8. The van der Waals surface area contributed by atoms with Crippen molar-refractivity contribution in [2.45, 2.75) is 19.4 Å². The van der Waals surface area contributed by atoms with Crippen molar-refractivity contribution in [2.75, 3.05) is 32.2 Å². The number of fused-ring (bicyclic) bond motifs is 1. The Morgan fingerprint density at radius 1 is 1.11 bits per heavy atom. The summed E-state index contributed by atoms with van der Waals surface area (Å²) < 4.78 is 29.8. The van der Waals surface area contributed by atoms with Crippen molar-refractivity contribution in [3.63, 3.8) is 0 Å². The van der Waals surface area contributed by atoms with E-state index >= 15 is 0 Å². The molecule has 1 N–H and O–H groups in total. The van der Waals surface area contributed by atoms with Gasteiger partial charge < -0.3 is 24.2 Å². The topological polar surface area (TPSA) is 103 Å². The highest BCUT2D eigenvalue weighted by Gasteiger charge is 2.28. The quantitative estimate of drug-likeness (QED) is 0.414. The molecule has 10 heteroatoms. The number of amides is 1. The maximum Gasteiger partial charge on any atom is 0.263 e. The molecule has 1 fully saturated rings. The Morgan fingerprint density at radius 2 is 1.92 bits per heavy atom. The fourth-order valence-electron chi connectivity index (χ4n) is 4.52. The molecule has 36 heavy (non-hydrogen) atoms. The van der Waals surface area contributed by atoms with Crippen LogP contribution in [0.25, 0.3) is 22.4 Å². The lowest BCUT2D eigenvalue weighted by atomic mass is 9.95. The van der Waals surface area contributed by atoms with E-state index in [0.717, 1.165) is 5.56 Å². The van der Waals surface area contributed by atoms with Crippen LogP contribution in [0.5, 0.6) is 11.5 Å². The van der Waals surface area contributed by atoms with Gasteiger partial charge in [0.1, 0.15) is 29.0 Å². The number of aromatic nitrogens is 3. The zero-order valence-electron chi connectivity index (χ0n) is 20.0. The summed E-state index contributed by atoms with van der Waals surface area (Å²) in [6.07, 6.45) is 2.77. The first-order valence-electron chi connectivity index (χ1n) is 11.7. The molecule has 0 radical (unpaired) electrons. The summed E-state index contributed by atoms with van der Waals surface area (Å²) in [5.41, 5.74) is 2.36. The molecule has 1 aliphatic heterocycles. The van der Waals surface area contributed by atoms with E-state index in [-0.39, 0.29) is 17.6 Å². The minimum atomic E-state index is -0.359. The Bertz CT molecular complexity index is 1380. The number of piperidine rings is 1. The summed E-state index contributed by atoms with van der Waals surface area (Å²) in [6.45, 7) is 1.67. The first-order valence-corrected chi connectivity index (χ1v) is 11.7. The van der Waals surface area contributed by atoms with Gasteiger partial charge in [0.25, 0.3) is 5.71 Å². The van der Waals surface area contributed by atoms with E-state index in [1.165, 1.54) is 18.5 Å². The summed E-state index contributed by atoms with van der Waals surface area (Å²) in [4.78, 5) is 23.6. The minimum Gasteiger partial charge on any atom is -0.493 e. The van der Waals surface area contributed by atoms with Gasteiger partial charge >= 0.3 is 0 Å². The number of carbonyl (C=O) groups is 1. The molecule has 2 aromatic carbocycles. The molecule has 1 saturated heterocycles. The molecular formula is C26H26FN5O4. The van der Waals surface area contributed by atoms with E-state index in [1.807, 2.05) is 18.2 Å². The highest BCUT2D eigenvalue weighted by atomic mass is 19.1. The third kappa shape index (κ3) is 4.66. The van der Waals surface area contributed by atoms with Crippen LogP contribution in [0, 0.1) is 11.7 Å². The maximum atomic E-state index is 13.8. The van der Waals surface area contributed by atoms with Crippen LogP contribution in [0.3, 0.4) is 0 Å². The SMILES string of the molecule is COc1ccc(CNC(=O)C2CCN(c3ncnc4onc(-c5cccc(F)c5)c34)CC2)cc1OC. The highest BCUT2D eigenvalue weighted by molar-refractivity contribution is 5.98. The van der Waals surface area contributed by atoms with E-state index in [9.17, 15) is 9.18 Å². The van der Waals surface area contributed by atoms with Gasteiger partial charge in [0.2, 0.25) is 5.91 Å². The lowest BCUT2D eigenvalue weighted by Crippen LogP contribution is -2.40. The van der Waals surface area contributed by atoms with Gasteiger partial charge in [-0.2, -0.15) is 4.98 Å². The van der Waals surface area contributed by atoms with Crippen molar-refractivity contribution < 1.29 is 23.2 Å². The average molecular weight is 492 g/mol. The normalized spacial score (nSPS) is 14.1. The molecule has 1 aliphatic rings. The Kier molecular flexibility index (Phi) is 6.66. The number of benzene rings is 2. The zero-order chi connectivity index (χ0) is 25.1. The molecule has 4 aromatic rings. The number of rotatable bonds is 7. The van der Waals surface area contributed by atoms with Crippen LogP contribution in [-0.4, -0.2) is 48.3 Å². The van der Waals surface area contributed by atoms with Gasteiger partial charge in [-0.25, -0.2) is 9.37 Å². The van der Waals surface area contributed by atoms with Crippen molar-refractivity contribution in [1.29, 1.82) is 0 Å². The predicted molar refractivity (Wildman–Crippen MR) is 131 cm³/mol. The predicted octanol–water partition coefficient (Wildman–Crippen LogP) is 3.97. The summed E-state index contributed by atoms with van der Waals surface area (Å²) in [5, 5.41) is 7.80. The summed E-state index contributed by atoms with van der Waals surface area (Å²) in [5.74, 6) is 1.49. The van der Waals surface area contributed by atoms with E-state index < -0.39 is 0 Å². The number of nitrogens with one attached hydrogen (secondary N) is 1. The third-order valence-corrected chi connectivity index (χ3v) is 6.43. The average Bonchev–Trinajstić information content (AvgIpc) is 3.36. The van der Waals surface area contributed by atoms with Crippen molar-refractivity contribution in [3.05, 3.63) is 60.2 Å². The molecule has 0 unspecified atom stereocenters. The lowest BCUT2D eigenvalue weighted by Gasteiger charge is -2.32. The number of anilines is 1. The molecule has 9 nitrogen and oxygen atoms in total. The van der Waals surface area contributed by atoms with Crippen LogP contribution in [0.1, 0.15) is 18.4 Å². The molecule has 0 spiro atoms. The molecule has 0 bridgehead atoms. The number of hydrogen-bond donors (Lipinski definition) is 1. The number of ether oxygens (including phenoxy) is 2. The molecule has 2 aromatic heterocycles. The molecule has 5 rings (SSSR count). The lowest BCUT2D eigenvalue weighted by molar-refractivity contribution is -0.125. The van der Waals surface area contributed by atoms with Gasteiger partial charge in [-0.15, -0.1) is 0 Å². The fourth-order valence-corrected chi connectivity index (χ4v) is 4.52. The Balaban J connectivity index is 1.26. The van der Waals surface area contributed by atoms with Crippen molar-refractivity contribution in [2.24, 2.45) is 5.92 Å². The van der Waals surface area contributed by atoms with Crippen molar-refractivity contribution in [3.8, 4) is 22.8 Å². The molecule has 3 heterocycles. The Hall–Kier alpha value is -4.21. The number of nitrogens with zero attached hydrogens (tertiary/aromatic N) is 4. The van der Waals surface area contributed by atoms with Crippen LogP contribution in [0.15, 0.2) is 53.3 Å². The van der Waals surface area contributed by atoms with Gasteiger partial charge in [0, 0.05) is 31.1 Å². The Labute approximate surface area is 207 Å². The first kappa shape index (κ1) is 23.5. The summed E-state index contributed by atoms with van der Waals surface area (Å²) in [6, 6.07) is 11.8. The second-order valence-corrected chi connectivity index (χ2v) is 8.59. The summed E-state index contributed by atoms with van der Waals surface area (Å²) >= 11 is 0. The van der Waals surface area contributed by atoms with Gasteiger partial charge in [-0.3, -0.25) is 4.79 Å². The first-order chi connectivity index (χ1) is 17.6. The van der Waals surface area contributed by atoms with Gasteiger partial charge in [0.15, 0.2) is 11.5 Å². The van der Waals surface area contributed by atoms with Crippen LogP contribution < -0.4 is 19.7 Å². The highest BCUT2D eigenvalue weighted by Crippen LogP contribution is 2.35. The van der Waals surface area contributed by atoms with E-state index in [0.29, 0.717) is 72.1 Å². The van der Waals surface area contributed by atoms with Crippen molar-refractivity contribution >= 4 is 22.8 Å². The molecule has 1 amide bonds. The molecule has 0 aliphatic carbocycles. The van der Waals surface area contributed by atoms with E-state index in [2.05, 4.69) is 25.3 Å². The largest absolute Gasteiger partial charge is 0.493 e. The van der Waals surface area contributed by atoms with E-state index in [4.69, 9.17) is 14.0 Å². The number of methoxy groups -OCH3 is 2. The van der Waals surface area contributed by atoms with Crippen molar-refractivity contribution in [1.82, 2.24) is 20.4 Å².